The first-order valence-electron chi connectivity index (χ1n) is 6.75. The lowest BCUT2D eigenvalue weighted by molar-refractivity contribution is -0.772. The number of thioether (sulfide) groups is 1. The lowest BCUT2D eigenvalue weighted by Crippen LogP contribution is -2.33. The summed E-state index contributed by atoms with van der Waals surface area (Å²) in [6, 6.07) is 6.73. The van der Waals surface area contributed by atoms with Gasteiger partial charge in [-0.15, -0.1) is 0 Å². The minimum absolute atomic E-state index is 0.165. The van der Waals surface area contributed by atoms with Crippen molar-refractivity contribution in [2.75, 3.05) is 10.6 Å². The Labute approximate surface area is 136 Å². The van der Waals surface area contributed by atoms with Crippen molar-refractivity contribution >= 4 is 35.0 Å². The van der Waals surface area contributed by atoms with Gasteiger partial charge in [0.25, 0.3) is 5.03 Å². The van der Waals surface area contributed by atoms with E-state index in [1.807, 2.05) is 0 Å². The van der Waals surface area contributed by atoms with Gasteiger partial charge in [-0.1, -0.05) is 4.68 Å². The maximum atomic E-state index is 12.2. The van der Waals surface area contributed by atoms with Gasteiger partial charge < -0.3 is 20.3 Å². The molecule has 8 nitrogen and oxygen atoms in total. The molecular formula is C14H16N4O4S. The molecule has 1 heterocycles. The van der Waals surface area contributed by atoms with Gasteiger partial charge >= 0.3 is 0 Å². The first-order valence-corrected chi connectivity index (χ1v) is 7.63. The van der Waals surface area contributed by atoms with Crippen LogP contribution in [0, 0.1) is 0 Å². The molecule has 1 atom stereocenters. The highest BCUT2D eigenvalue weighted by molar-refractivity contribution is 8.00. The lowest BCUT2D eigenvalue weighted by atomic mass is 10.2. The van der Waals surface area contributed by atoms with Crippen molar-refractivity contribution in [1.29, 1.82) is 0 Å². The molecule has 0 aliphatic heterocycles. The average Bonchev–Trinajstić information content (AvgIpc) is 2.80. The molecule has 0 bridgehead atoms. The number of amides is 2. The van der Waals surface area contributed by atoms with Gasteiger partial charge in [0.1, 0.15) is 0 Å². The standard InChI is InChI=1S/C14H15N4O4S/c1-8(23-13-14(21)22-17-18(13)3)12(20)16-11-6-4-10(5-7-11)15-9(2)19/h4-8,21H,1-3H3/q-1/p+1. The van der Waals surface area contributed by atoms with E-state index in [1.165, 1.54) is 11.6 Å². The van der Waals surface area contributed by atoms with Crippen LogP contribution in [-0.4, -0.2) is 22.3 Å². The van der Waals surface area contributed by atoms with E-state index >= 15 is 0 Å². The molecule has 0 saturated heterocycles. The van der Waals surface area contributed by atoms with Crippen LogP contribution in [0.1, 0.15) is 13.8 Å². The van der Waals surface area contributed by atoms with Crippen molar-refractivity contribution in [2.45, 2.75) is 24.1 Å². The van der Waals surface area contributed by atoms with E-state index in [-0.39, 0.29) is 16.8 Å². The Bertz CT molecular complexity index is 695. The van der Waals surface area contributed by atoms with E-state index < -0.39 is 11.2 Å². The van der Waals surface area contributed by atoms with Crippen molar-refractivity contribution in [3.05, 3.63) is 24.3 Å². The third-order valence-electron chi connectivity index (χ3n) is 2.85. The Kier molecular flexibility index (Phi) is 5.22. The SMILES string of the molecule is CC(=O)Nc1ccc(NC(=O)C(C)Sc2c([O-])on[n+]2C)cc1. The Hall–Kier alpha value is -2.55. The van der Waals surface area contributed by atoms with Crippen molar-refractivity contribution < 1.29 is 23.9 Å². The number of anilines is 2. The average molecular weight is 336 g/mol. The van der Waals surface area contributed by atoms with Crippen molar-refractivity contribution in [2.24, 2.45) is 7.05 Å². The number of aromatic nitrogens is 2. The molecule has 122 valence electrons. The zero-order chi connectivity index (χ0) is 17.0. The summed E-state index contributed by atoms with van der Waals surface area (Å²) in [5.74, 6) is -0.999. The minimum atomic E-state index is -0.572. The van der Waals surface area contributed by atoms with Gasteiger partial charge in [-0.3, -0.25) is 9.59 Å². The monoisotopic (exact) mass is 336 g/mol. The van der Waals surface area contributed by atoms with Crippen LogP contribution < -0.4 is 20.4 Å². The fourth-order valence-electron chi connectivity index (χ4n) is 1.74. The molecule has 0 radical (unpaired) electrons. The number of carbonyl (C=O) groups excluding carboxylic acids is 2. The predicted octanol–water partition coefficient (Wildman–Crippen LogP) is 0.650. The van der Waals surface area contributed by atoms with E-state index in [9.17, 15) is 14.7 Å². The third-order valence-corrected chi connectivity index (χ3v) is 4.07. The summed E-state index contributed by atoms with van der Waals surface area (Å²) < 4.78 is 5.80. The van der Waals surface area contributed by atoms with Crippen LogP contribution in [0.3, 0.4) is 0 Å². The number of carbonyl (C=O) groups is 2. The molecule has 9 heteroatoms. The summed E-state index contributed by atoms with van der Waals surface area (Å²) in [4.78, 5) is 23.1. The molecule has 2 rings (SSSR count). The number of benzene rings is 1. The fraction of sp³-hybridized carbons (Fsp3) is 0.286. The molecular weight excluding hydrogens is 320 g/mol. The number of nitrogens with one attached hydrogen (secondary N) is 2. The zero-order valence-electron chi connectivity index (χ0n) is 12.8. The van der Waals surface area contributed by atoms with Gasteiger partial charge in [0.15, 0.2) is 13.0 Å². The second-order valence-electron chi connectivity index (χ2n) is 4.80. The molecule has 23 heavy (non-hydrogen) atoms. The molecule has 2 aromatic rings. The molecule has 1 unspecified atom stereocenters. The summed E-state index contributed by atoms with van der Waals surface area (Å²) >= 11 is 1.07. The summed E-state index contributed by atoms with van der Waals surface area (Å²) in [5.41, 5.74) is 1.24. The molecule has 0 spiro atoms. The fourth-order valence-corrected chi connectivity index (χ4v) is 2.56. The highest BCUT2D eigenvalue weighted by Gasteiger charge is 2.22. The minimum Gasteiger partial charge on any atom is -0.538 e. The number of hydrogen-bond acceptors (Lipinski definition) is 6. The zero-order valence-corrected chi connectivity index (χ0v) is 13.6. The van der Waals surface area contributed by atoms with Crippen molar-refractivity contribution in [3.8, 4) is 5.95 Å². The van der Waals surface area contributed by atoms with Gasteiger partial charge in [0, 0.05) is 18.3 Å². The summed E-state index contributed by atoms with van der Waals surface area (Å²) in [6.45, 7) is 3.10. The first-order chi connectivity index (χ1) is 10.9. The van der Waals surface area contributed by atoms with Crippen LogP contribution in [0.5, 0.6) is 5.95 Å². The molecule has 2 N–H and O–H groups in total. The van der Waals surface area contributed by atoms with Crippen LogP contribution in [0.4, 0.5) is 11.4 Å². The first kappa shape index (κ1) is 16.8. The molecule has 0 aliphatic carbocycles. The van der Waals surface area contributed by atoms with Gasteiger partial charge in [-0.2, -0.15) is 0 Å². The molecule has 0 aliphatic rings. The Morgan fingerprint density at radius 2 is 1.83 bits per heavy atom. The van der Waals surface area contributed by atoms with Crippen LogP contribution >= 0.6 is 11.8 Å². The van der Waals surface area contributed by atoms with Gasteiger partial charge in [0.05, 0.1) is 10.5 Å². The lowest BCUT2D eigenvalue weighted by Gasteiger charge is -2.10. The topological polar surface area (TPSA) is 111 Å². The van der Waals surface area contributed by atoms with Crippen LogP contribution in [0.2, 0.25) is 0 Å². The smallest absolute Gasteiger partial charge is 0.291 e. The maximum absolute atomic E-state index is 12.2. The summed E-state index contributed by atoms with van der Waals surface area (Å²) in [7, 11) is 1.57. The van der Waals surface area contributed by atoms with Gasteiger partial charge in [0.2, 0.25) is 11.8 Å². The number of aryl methyl sites for hydroxylation is 1. The summed E-state index contributed by atoms with van der Waals surface area (Å²) in [6.07, 6.45) is 0. The van der Waals surface area contributed by atoms with Gasteiger partial charge in [-0.05, 0) is 43.0 Å². The van der Waals surface area contributed by atoms with E-state index in [0.29, 0.717) is 11.4 Å². The number of nitrogens with zero attached hydrogens (tertiary/aromatic N) is 2. The van der Waals surface area contributed by atoms with Crippen LogP contribution in [0.15, 0.2) is 33.8 Å². The van der Waals surface area contributed by atoms with Crippen LogP contribution in [0.25, 0.3) is 0 Å². The highest BCUT2D eigenvalue weighted by Crippen LogP contribution is 2.26. The van der Waals surface area contributed by atoms with E-state index in [1.54, 1.807) is 38.2 Å². The maximum Gasteiger partial charge on any atom is 0.291 e. The van der Waals surface area contributed by atoms with Crippen molar-refractivity contribution in [1.82, 2.24) is 5.27 Å². The second kappa shape index (κ2) is 7.14. The number of rotatable bonds is 5. The Morgan fingerprint density at radius 1 is 1.26 bits per heavy atom. The van der Waals surface area contributed by atoms with E-state index in [0.717, 1.165) is 11.8 Å². The number of hydrogen-bond donors (Lipinski definition) is 2. The largest absolute Gasteiger partial charge is 0.538 e. The third kappa shape index (κ3) is 4.46. The normalized spacial score (nSPS) is 11.8. The van der Waals surface area contributed by atoms with E-state index in [2.05, 4.69) is 20.4 Å². The molecule has 2 amide bonds. The molecule has 0 fully saturated rings. The van der Waals surface area contributed by atoms with Crippen molar-refractivity contribution in [3.63, 3.8) is 0 Å². The molecule has 1 aromatic heterocycles. The summed E-state index contributed by atoms with van der Waals surface area (Å²) in [5, 5.41) is 20.1. The molecule has 1 aromatic carbocycles. The van der Waals surface area contributed by atoms with Crippen LogP contribution in [-0.2, 0) is 16.6 Å². The Balaban J connectivity index is 1.97. The Morgan fingerprint density at radius 3 is 2.30 bits per heavy atom. The quantitative estimate of drug-likeness (QED) is 0.612. The van der Waals surface area contributed by atoms with E-state index in [4.69, 9.17) is 0 Å². The molecule has 0 saturated carbocycles. The predicted molar refractivity (Wildman–Crippen MR) is 81.8 cm³/mol. The van der Waals surface area contributed by atoms with Gasteiger partial charge in [-0.25, -0.2) is 0 Å². The second-order valence-corrected chi connectivity index (χ2v) is 6.13. The highest BCUT2D eigenvalue weighted by atomic mass is 32.2.